The highest BCUT2D eigenvalue weighted by molar-refractivity contribution is 7.82. The molecule has 1 saturated heterocycles. The van der Waals surface area contributed by atoms with E-state index in [1.807, 2.05) is 17.4 Å². The first-order valence-electron chi connectivity index (χ1n) is 12.1. The number of nitriles is 1. The van der Waals surface area contributed by atoms with E-state index in [9.17, 15) is 19.1 Å². The Hall–Kier alpha value is -4.21. The minimum atomic E-state index is -1.07. The molecule has 3 aromatic heterocycles. The molecule has 0 saturated carbocycles. The number of fused-ring (bicyclic) bond motifs is 1. The molecule has 1 N–H and O–H groups in total. The van der Waals surface area contributed by atoms with E-state index in [0.29, 0.717) is 41.3 Å². The summed E-state index contributed by atoms with van der Waals surface area (Å²) in [7, 11) is -1.07. The molecule has 1 atom stereocenters. The van der Waals surface area contributed by atoms with Crippen molar-refractivity contribution in [1.82, 2.24) is 28.6 Å². The largest absolute Gasteiger partial charge is 0.326 e. The van der Waals surface area contributed by atoms with Gasteiger partial charge in [0.15, 0.2) is 5.65 Å². The molecule has 12 heteroatoms. The lowest BCUT2D eigenvalue weighted by molar-refractivity contribution is -0.114. The Morgan fingerprint density at radius 2 is 1.95 bits per heavy atom. The summed E-state index contributed by atoms with van der Waals surface area (Å²) in [5.41, 5.74) is 2.80. The van der Waals surface area contributed by atoms with Gasteiger partial charge in [-0.05, 0) is 23.8 Å². The van der Waals surface area contributed by atoms with Gasteiger partial charge in [0.2, 0.25) is 11.8 Å². The molecule has 1 aliphatic rings. The number of nitrogens with one attached hydrogen (secondary N) is 1. The van der Waals surface area contributed by atoms with Crippen molar-refractivity contribution in [2.75, 3.05) is 24.2 Å². The third-order valence-electron chi connectivity index (χ3n) is 6.61. The fourth-order valence-electron chi connectivity index (χ4n) is 4.68. The van der Waals surface area contributed by atoms with Gasteiger partial charge in [-0.3, -0.25) is 18.8 Å². The molecule has 1 aliphatic heterocycles. The van der Waals surface area contributed by atoms with Gasteiger partial charge in [0, 0.05) is 54.8 Å². The predicted octanol–water partition coefficient (Wildman–Crippen LogP) is 2.74. The van der Waals surface area contributed by atoms with Crippen molar-refractivity contribution in [3.8, 4) is 17.3 Å². The van der Waals surface area contributed by atoms with E-state index in [4.69, 9.17) is 0 Å². The van der Waals surface area contributed by atoms with Crippen LogP contribution in [0.25, 0.3) is 22.3 Å². The van der Waals surface area contributed by atoms with Crippen LogP contribution >= 0.6 is 0 Å². The Kier molecular flexibility index (Phi) is 6.88. The molecule has 194 valence electrons. The Labute approximate surface area is 221 Å². The molecule has 1 aromatic carbocycles. The standard InChI is InChI=1S/C26H26N8O3S/c1-3-38(37)32-15-26(16-32,9-10-27)34-14-20(13-30-34)24-22-8-11-33(25(22)29-17-28-24)23(36)12-19-4-6-21(7-5-19)31-18(2)35/h4-8,11,13-14,17H,3,9,12,15-16H2,1-2H3,(H,31,35). The van der Waals surface area contributed by atoms with Gasteiger partial charge in [0.25, 0.3) is 0 Å². The molecular formula is C26H26N8O3S. The molecule has 11 nitrogen and oxygen atoms in total. The van der Waals surface area contributed by atoms with Crippen LogP contribution < -0.4 is 5.32 Å². The predicted molar refractivity (Wildman–Crippen MR) is 142 cm³/mol. The lowest BCUT2D eigenvalue weighted by atomic mass is 9.89. The second-order valence-electron chi connectivity index (χ2n) is 9.23. The van der Waals surface area contributed by atoms with E-state index >= 15 is 0 Å². The van der Waals surface area contributed by atoms with Crippen LogP contribution in [0.3, 0.4) is 0 Å². The first kappa shape index (κ1) is 25.4. The maximum Gasteiger partial charge on any atom is 0.236 e. The number of carbonyl (C=O) groups excluding carboxylic acids is 2. The maximum absolute atomic E-state index is 13.1. The highest BCUT2D eigenvalue weighted by atomic mass is 32.2. The molecule has 1 unspecified atom stereocenters. The first-order valence-corrected chi connectivity index (χ1v) is 13.4. The summed E-state index contributed by atoms with van der Waals surface area (Å²) >= 11 is 0. The van der Waals surface area contributed by atoms with Crippen LogP contribution in [0.2, 0.25) is 0 Å². The van der Waals surface area contributed by atoms with E-state index in [1.54, 1.807) is 47.4 Å². The topological polar surface area (TPSA) is 139 Å². The van der Waals surface area contributed by atoms with Crippen molar-refractivity contribution in [3.05, 3.63) is 60.8 Å². The molecule has 38 heavy (non-hydrogen) atoms. The van der Waals surface area contributed by atoms with Gasteiger partial charge in [-0.2, -0.15) is 10.4 Å². The normalized spacial score (nSPS) is 15.5. The smallest absolute Gasteiger partial charge is 0.236 e. The number of carbonyl (C=O) groups is 2. The highest BCUT2D eigenvalue weighted by Gasteiger charge is 2.47. The number of nitrogens with zero attached hydrogens (tertiary/aromatic N) is 7. The average molecular weight is 531 g/mol. The lowest BCUT2D eigenvalue weighted by Gasteiger charge is -2.47. The summed E-state index contributed by atoms with van der Waals surface area (Å²) in [4.78, 5) is 33.2. The van der Waals surface area contributed by atoms with Crippen LogP contribution in [-0.4, -0.2) is 63.5 Å². The SMILES string of the molecule is CCS(=O)N1CC(CC#N)(n2cc(-c3ncnc4c3ccn4C(=O)Cc3ccc(NC(C)=O)cc3)cn2)C1. The van der Waals surface area contributed by atoms with Crippen LogP contribution in [0.15, 0.2) is 55.2 Å². The fourth-order valence-corrected chi connectivity index (χ4v) is 5.81. The molecular weight excluding hydrogens is 504 g/mol. The molecule has 4 aromatic rings. The zero-order chi connectivity index (χ0) is 26.9. The number of aromatic nitrogens is 5. The summed E-state index contributed by atoms with van der Waals surface area (Å²) in [5, 5.41) is 17.4. The van der Waals surface area contributed by atoms with Gasteiger partial charge < -0.3 is 5.32 Å². The summed E-state index contributed by atoms with van der Waals surface area (Å²) < 4.78 is 17.3. The van der Waals surface area contributed by atoms with Crippen molar-refractivity contribution in [3.63, 3.8) is 0 Å². The number of benzene rings is 1. The summed E-state index contributed by atoms with van der Waals surface area (Å²) in [5.74, 6) is 0.222. The molecule has 4 heterocycles. The quantitative estimate of drug-likeness (QED) is 0.370. The molecule has 0 radical (unpaired) electrons. The summed E-state index contributed by atoms with van der Waals surface area (Å²) in [6.45, 7) is 4.28. The van der Waals surface area contributed by atoms with Gasteiger partial charge in [-0.15, -0.1) is 0 Å². The zero-order valence-electron chi connectivity index (χ0n) is 21.0. The fraction of sp³-hybridized carbons (Fsp3) is 0.308. The van der Waals surface area contributed by atoms with Crippen molar-refractivity contribution in [1.29, 1.82) is 5.26 Å². The van der Waals surface area contributed by atoms with Gasteiger partial charge >= 0.3 is 0 Å². The number of amides is 1. The first-order chi connectivity index (χ1) is 18.3. The number of hydrogen-bond acceptors (Lipinski definition) is 7. The van der Waals surface area contributed by atoms with Gasteiger partial charge in [0.05, 0.1) is 41.8 Å². The van der Waals surface area contributed by atoms with Crippen molar-refractivity contribution in [2.24, 2.45) is 0 Å². The van der Waals surface area contributed by atoms with Crippen LogP contribution in [0.1, 0.15) is 30.6 Å². The van der Waals surface area contributed by atoms with E-state index in [-0.39, 0.29) is 24.7 Å². The minimum absolute atomic E-state index is 0.154. The third kappa shape index (κ3) is 4.73. The third-order valence-corrected chi connectivity index (χ3v) is 7.93. The van der Waals surface area contributed by atoms with E-state index in [2.05, 4.69) is 26.5 Å². The molecule has 0 aliphatic carbocycles. The Morgan fingerprint density at radius 3 is 2.63 bits per heavy atom. The van der Waals surface area contributed by atoms with Crippen molar-refractivity contribution < 1.29 is 13.8 Å². The van der Waals surface area contributed by atoms with Crippen LogP contribution in [0.5, 0.6) is 0 Å². The molecule has 0 spiro atoms. The van der Waals surface area contributed by atoms with Crippen LogP contribution in [0.4, 0.5) is 5.69 Å². The monoisotopic (exact) mass is 530 g/mol. The van der Waals surface area contributed by atoms with Crippen molar-refractivity contribution >= 4 is 39.5 Å². The van der Waals surface area contributed by atoms with E-state index in [0.717, 1.165) is 11.1 Å². The Bertz CT molecular complexity index is 1580. The second-order valence-corrected chi connectivity index (χ2v) is 11.0. The Morgan fingerprint density at radius 1 is 1.18 bits per heavy atom. The van der Waals surface area contributed by atoms with Crippen LogP contribution in [0, 0.1) is 11.3 Å². The summed E-state index contributed by atoms with van der Waals surface area (Å²) in [6.07, 6.45) is 7.05. The van der Waals surface area contributed by atoms with E-state index < -0.39 is 16.5 Å². The van der Waals surface area contributed by atoms with Gasteiger partial charge in [-0.25, -0.2) is 18.5 Å². The minimum Gasteiger partial charge on any atom is -0.326 e. The van der Waals surface area contributed by atoms with Gasteiger partial charge in [0.1, 0.15) is 11.9 Å². The number of rotatable bonds is 8. The van der Waals surface area contributed by atoms with Crippen LogP contribution in [-0.2, 0) is 27.7 Å². The number of anilines is 1. The zero-order valence-corrected chi connectivity index (χ0v) is 21.8. The maximum atomic E-state index is 13.1. The lowest BCUT2D eigenvalue weighted by Crippen LogP contribution is -2.63. The second kappa shape index (κ2) is 10.3. The molecule has 0 bridgehead atoms. The highest BCUT2D eigenvalue weighted by Crippen LogP contribution is 2.35. The molecule has 1 fully saturated rings. The number of hydrogen-bond donors (Lipinski definition) is 1. The van der Waals surface area contributed by atoms with E-state index in [1.165, 1.54) is 17.8 Å². The molecule has 5 rings (SSSR count). The van der Waals surface area contributed by atoms with Gasteiger partial charge in [-0.1, -0.05) is 19.1 Å². The summed E-state index contributed by atoms with van der Waals surface area (Å²) in [6, 6.07) is 11.2. The van der Waals surface area contributed by atoms with Crippen molar-refractivity contribution in [2.45, 2.75) is 32.2 Å². The Balaban J connectivity index is 1.38. The molecule has 1 amide bonds. The average Bonchev–Trinajstić information content (AvgIpc) is 3.54.